The molecule has 0 spiro atoms. The first-order chi connectivity index (χ1) is 23.7. The Balaban J connectivity index is 0.000000189. The van der Waals surface area contributed by atoms with E-state index in [4.69, 9.17) is 9.47 Å². The zero-order chi connectivity index (χ0) is 35.9. The van der Waals surface area contributed by atoms with E-state index in [9.17, 15) is 28.8 Å². The van der Waals surface area contributed by atoms with Crippen LogP contribution < -0.4 is 10.6 Å². The second-order valence-corrected chi connectivity index (χ2v) is 14.5. The van der Waals surface area contributed by atoms with E-state index < -0.39 is 23.7 Å². The fraction of sp³-hybridized carbons (Fsp3) is 0.500. The molecule has 2 aromatic rings. The van der Waals surface area contributed by atoms with Crippen LogP contribution in [-0.4, -0.2) is 133 Å². The van der Waals surface area contributed by atoms with E-state index in [1.807, 2.05) is 24.3 Å². The summed E-state index contributed by atoms with van der Waals surface area (Å²) in [7, 11) is 3.21. The molecule has 7 rings (SSSR count). The summed E-state index contributed by atoms with van der Waals surface area (Å²) in [6.07, 6.45) is -0.898. The van der Waals surface area contributed by atoms with E-state index in [-0.39, 0.29) is 86.9 Å². The van der Waals surface area contributed by atoms with E-state index in [0.29, 0.717) is 6.54 Å². The number of rotatable bonds is 2. The first-order valence-electron chi connectivity index (χ1n) is 16.9. The molecule has 5 aliphatic rings. The summed E-state index contributed by atoms with van der Waals surface area (Å²) in [5.41, 5.74) is 4.08. The van der Waals surface area contributed by atoms with Gasteiger partial charge in [0.2, 0.25) is 23.6 Å². The van der Waals surface area contributed by atoms with Crippen molar-refractivity contribution in [1.82, 2.24) is 30.2 Å². The third-order valence-corrected chi connectivity index (χ3v) is 9.73. The average molecular weight is 689 g/mol. The van der Waals surface area contributed by atoms with E-state index >= 15 is 0 Å². The number of carbonyl (C=O) groups is 6. The maximum atomic E-state index is 12.8. The minimum atomic E-state index is -0.578. The lowest BCUT2D eigenvalue weighted by molar-refractivity contribution is -0.135. The molecular formula is C36H44N6O8. The minimum absolute atomic E-state index is 0.0121. The van der Waals surface area contributed by atoms with Crippen LogP contribution in [0.15, 0.2) is 48.5 Å². The second kappa shape index (κ2) is 13.6. The Hall–Kier alpha value is -5.14. The largest absolute Gasteiger partial charge is 0.448 e. The van der Waals surface area contributed by atoms with Crippen LogP contribution >= 0.6 is 0 Å². The van der Waals surface area contributed by atoms with Crippen LogP contribution in [0.5, 0.6) is 0 Å². The molecule has 0 saturated carbocycles. The molecule has 0 radical (unpaired) electrons. The van der Waals surface area contributed by atoms with Crippen molar-refractivity contribution in [2.75, 3.05) is 60.0 Å². The van der Waals surface area contributed by atoms with Gasteiger partial charge in [0.05, 0.1) is 37.0 Å². The van der Waals surface area contributed by atoms with Gasteiger partial charge >= 0.3 is 12.2 Å². The zero-order valence-corrected chi connectivity index (χ0v) is 29.0. The number of hydrogen-bond acceptors (Lipinski definition) is 8. The van der Waals surface area contributed by atoms with Crippen LogP contribution in [-0.2, 0) is 28.7 Å². The van der Waals surface area contributed by atoms with Crippen LogP contribution in [0.3, 0.4) is 0 Å². The third-order valence-electron chi connectivity index (χ3n) is 9.73. The van der Waals surface area contributed by atoms with Gasteiger partial charge in [0, 0.05) is 46.2 Å². The summed E-state index contributed by atoms with van der Waals surface area (Å²) in [6, 6.07) is 15.7. The van der Waals surface area contributed by atoms with E-state index in [1.54, 1.807) is 34.9 Å². The predicted molar refractivity (Wildman–Crippen MR) is 181 cm³/mol. The van der Waals surface area contributed by atoms with Crippen LogP contribution in [0, 0.1) is 11.8 Å². The average Bonchev–Trinajstić information content (AvgIpc) is 3.73. The number of carbonyl (C=O) groups excluding carboxylic acids is 6. The highest BCUT2D eigenvalue weighted by Crippen LogP contribution is 2.44. The van der Waals surface area contributed by atoms with Crippen molar-refractivity contribution in [2.45, 2.75) is 44.4 Å². The second-order valence-electron chi connectivity index (χ2n) is 14.5. The van der Waals surface area contributed by atoms with Crippen molar-refractivity contribution in [3.63, 3.8) is 0 Å². The maximum absolute atomic E-state index is 12.8. The molecule has 2 N–H and O–H groups in total. The van der Waals surface area contributed by atoms with Gasteiger partial charge in [-0.1, -0.05) is 48.5 Å². The Morgan fingerprint density at radius 3 is 1.60 bits per heavy atom. The summed E-state index contributed by atoms with van der Waals surface area (Å²) in [6.45, 7) is 6.86. The number of nitrogens with one attached hydrogen (secondary N) is 2. The molecule has 4 atom stereocenters. The number of likely N-dealkylation sites (N-methyl/N-ethyl adjacent to an activating group) is 2. The summed E-state index contributed by atoms with van der Waals surface area (Å²) in [5, 5.41) is 5.66. The number of likely N-dealkylation sites (tertiary alicyclic amines) is 2. The Morgan fingerprint density at radius 2 is 1.14 bits per heavy atom. The highest BCUT2D eigenvalue weighted by molar-refractivity contribution is 5.91. The van der Waals surface area contributed by atoms with Crippen molar-refractivity contribution >= 4 is 35.8 Å². The number of amides is 6. The SMILES string of the molecule is CN1CC(=O)N[C@@H]2CN(C(=O)OC(C)(C)C)C[C@H]2C1=O.CN1CC(=O)N[C@@H]2CN(C(=O)OCC3c4ccccc4-c4ccccc43)C[C@H]2C1=O. The van der Waals surface area contributed by atoms with Crippen molar-refractivity contribution in [3.05, 3.63) is 59.7 Å². The van der Waals surface area contributed by atoms with Gasteiger partial charge in [-0.2, -0.15) is 0 Å². The lowest BCUT2D eigenvalue weighted by Gasteiger charge is -2.24. The van der Waals surface area contributed by atoms with Gasteiger partial charge in [-0.15, -0.1) is 0 Å². The Morgan fingerprint density at radius 1 is 0.700 bits per heavy atom. The van der Waals surface area contributed by atoms with Gasteiger partial charge < -0.3 is 39.7 Å². The van der Waals surface area contributed by atoms with E-state index in [1.165, 1.54) is 30.7 Å². The standard InChI is InChI=1S/C23H23N3O4.C13H21N3O4/c1-25-12-21(27)24-20-11-26(10-18(20)22(25)28)23(29)30-13-19-16-8-4-2-6-14(16)15-7-3-5-9-17(15)19;1-13(2,3)20-12(19)16-5-8-9(6-16)14-10(17)7-15(4)11(8)18/h2-9,18-20H,10-13H2,1H3,(H,24,27);8-9H,5-7H2,1-4H3,(H,14,17)/t18-,20-;8-,9-/m11/s1. The van der Waals surface area contributed by atoms with Gasteiger partial charge in [0.25, 0.3) is 0 Å². The molecule has 0 bridgehead atoms. The van der Waals surface area contributed by atoms with Crippen LogP contribution in [0.2, 0.25) is 0 Å². The number of ether oxygens (including phenoxy) is 2. The molecule has 1 aliphatic carbocycles. The molecule has 266 valence electrons. The van der Waals surface area contributed by atoms with Crippen molar-refractivity contribution in [2.24, 2.45) is 11.8 Å². The maximum Gasteiger partial charge on any atom is 0.410 e. The van der Waals surface area contributed by atoms with Gasteiger partial charge in [-0.25, -0.2) is 9.59 Å². The molecule has 6 amide bonds. The van der Waals surface area contributed by atoms with Gasteiger partial charge in [0.15, 0.2) is 0 Å². The lowest BCUT2D eigenvalue weighted by atomic mass is 9.98. The molecule has 14 heteroatoms. The number of hydrogen-bond donors (Lipinski definition) is 2. The Bertz CT molecular complexity index is 1660. The van der Waals surface area contributed by atoms with Crippen molar-refractivity contribution < 1.29 is 38.2 Å². The number of fused-ring (bicyclic) bond motifs is 5. The zero-order valence-electron chi connectivity index (χ0n) is 29.0. The summed E-state index contributed by atoms with van der Waals surface area (Å²) >= 11 is 0. The van der Waals surface area contributed by atoms with Gasteiger partial charge in [0.1, 0.15) is 12.2 Å². The molecule has 4 saturated heterocycles. The number of nitrogens with zero attached hydrogens (tertiary/aromatic N) is 4. The molecule has 4 aliphatic heterocycles. The molecule has 50 heavy (non-hydrogen) atoms. The van der Waals surface area contributed by atoms with Crippen LogP contribution in [0.25, 0.3) is 11.1 Å². The van der Waals surface area contributed by atoms with Crippen molar-refractivity contribution in [3.8, 4) is 11.1 Å². The highest BCUT2D eigenvalue weighted by atomic mass is 16.6. The molecular weight excluding hydrogens is 644 g/mol. The molecule has 0 aromatic heterocycles. The van der Waals surface area contributed by atoms with Crippen LogP contribution in [0.4, 0.5) is 9.59 Å². The summed E-state index contributed by atoms with van der Waals surface area (Å²) < 4.78 is 11.0. The third kappa shape index (κ3) is 7.10. The molecule has 14 nitrogen and oxygen atoms in total. The first-order valence-corrected chi connectivity index (χ1v) is 16.9. The summed E-state index contributed by atoms with van der Waals surface area (Å²) in [5.74, 6) is -1.46. The monoisotopic (exact) mass is 688 g/mol. The fourth-order valence-corrected chi connectivity index (χ4v) is 7.37. The van der Waals surface area contributed by atoms with Crippen LogP contribution in [0.1, 0.15) is 37.8 Å². The topological polar surface area (TPSA) is 158 Å². The molecule has 0 unspecified atom stereocenters. The smallest absolute Gasteiger partial charge is 0.410 e. The number of benzene rings is 2. The molecule has 2 aromatic carbocycles. The fourth-order valence-electron chi connectivity index (χ4n) is 7.37. The van der Waals surface area contributed by atoms with Crippen molar-refractivity contribution in [1.29, 1.82) is 0 Å². The minimum Gasteiger partial charge on any atom is -0.448 e. The first kappa shape index (κ1) is 34.7. The van der Waals surface area contributed by atoms with E-state index in [0.717, 1.165) is 11.1 Å². The normalized spacial score (nSPS) is 24.5. The Kier molecular flexibility index (Phi) is 9.47. The molecule has 4 heterocycles. The van der Waals surface area contributed by atoms with Gasteiger partial charge in [-0.05, 0) is 43.0 Å². The summed E-state index contributed by atoms with van der Waals surface area (Å²) in [4.78, 5) is 79.0. The quantitative estimate of drug-likeness (QED) is 0.482. The highest BCUT2D eigenvalue weighted by Gasteiger charge is 2.46. The van der Waals surface area contributed by atoms with Gasteiger partial charge in [-0.3, -0.25) is 19.2 Å². The van der Waals surface area contributed by atoms with E-state index in [2.05, 4.69) is 34.9 Å². The molecule has 4 fully saturated rings. The lowest BCUT2D eigenvalue weighted by Crippen LogP contribution is -2.41. The predicted octanol–water partition coefficient (Wildman–Crippen LogP) is 1.63. The Labute approximate surface area is 291 Å².